The number of thiophene rings is 2. The molecule has 1 unspecified atom stereocenters. The van der Waals surface area contributed by atoms with Crippen LogP contribution in [-0.2, 0) is 6.54 Å². The second-order valence-corrected chi connectivity index (χ2v) is 8.50. The molecule has 25 heavy (non-hydrogen) atoms. The zero-order chi connectivity index (χ0) is 17.4. The van der Waals surface area contributed by atoms with Crippen LogP contribution in [0.3, 0.4) is 0 Å². The summed E-state index contributed by atoms with van der Waals surface area (Å²) in [5.74, 6) is -0.0871. The van der Waals surface area contributed by atoms with E-state index < -0.39 is 4.92 Å². The van der Waals surface area contributed by atoms with Crippen LogP contribution < -0.4 is 5.32 Å². The molecule has 0 aromatic carbocycles. The Morgan fingerprint density at radius 3 is 2.84 bits per heavy atom. The van der Waals surface area contributed by atoms with Crippen molar-refractivity contribution in [1.29, 1.82) is 0 Å². The van der Waals surface area contributed by atoms with E-state index in [0.29, 0.717) is 12.1 Å². The first kappa shape index (κ1) is 16.7. The van der Waals surface area contributed by atoms with E-state index in [1.807, 2.05) is 16.3 Å². The van der Waals surface area contributed by atoms with Gasteiger partial charge in [0.05, 0.1) is 10.5 Å². The van der Waals surface area contributed by atoms with Crippen molar-refractivity contribution < 1.29 is 9.72 Å². The molecular formula is C17H19N3O3S2. The van der Waals surface area contributed by atoms with Crippen molar-refractivity contribution in [2.24, 2.45) is 5.41 Å². The number of nitrogens with zero attached hydrogens (tertiary/aromatic N) is 2. The molecule has 2 aromatic heterocycles. The minimum absolute atomic E-state index is 0.0196. The van der Waals surface area contributed by atoms with Gasteiger partial charge in [0.1, 0.15) is 0 Å². The lowest BCUT2D eigenvalue weighted by molar-refractivity contribution is -0.380. The van der Waals surface area contributed by atoms with Crippen LogP contribution in [0.5, 0.6) is 0 Å². The van der Waals surface area contributed by atoms with Gasteiger partial charge in [-0.2, -0.15) is 11.3 Å². The second-order valence-electron chi connectivity index (χ2n) is 6.83. The molecule has 3 heterocycles. The van der Waals surface area contributed by atoms with Gasteiger partial charge in [-0.15, -0.1) is 0 Å². The number of hydrogen-bond acceptors (Lipinski definition) is 6. The largest absolute Gasteiger partial charge is 0.331 e. The molecule has 2 fully saturated rings. The molecule has 1 N–H and O–H groups in total. The summed E-state index contributed by atoms with van der Waals surface area (Å²) in [5, 5.41) is 20.0. The topological polar surface area (TPSA) is 75.5 Å². The standard InChI is InChI=1S/C17H19N3O3S2/c21-16(13-7-15(20(22)23)25-11-13)19(9-12-1-6-24-10-12)14-8-17(14)2-4-18-5-3-17/h1,6-7,10-11,14,18H,2-5,8-9H2. The third kappa shape index (κ3) is 3.21. The van der Waals surface area contributed by atoms with Gasteiger partial charge in [-0.25, -0.2) is 0 Å². The van der Waals surface area contributed by atoms with Crippen LogP contribution >= 0.6 is 22.7 Å². The van der Waals surface area contributed by atoms with Gasteiger partial charge in [0.15, 0.2) is 0 Å². The lowest BCUT2D eigenvalue weighted by Crippen LogP contribution is -2.39. The summed E-state index contributed by atoms with van der Waals surface area (Å²) < 4.78 is 0. The van der Waals surface area contributed by atoms with Crippen molar-refractivity contribution in [3.63, 3.8) is 0 Å². The number of hydrogen-bond donors (Lipinski definition) is 1. The van der Waals surface area contributed by atoms with E-state index in [1.54, 1.807) is 16.7 Å². The maximum absolute atomic E-state index is 13.1. The Kier molecular flexibility index (Phi) is 4.35. The molecule has 6 nitrogen and oxygen atoms in total. The monoisotopic (exact) mass is 377 g/mol. The molecule has 1 spiro atoms. The van der Waals surface area contributed by atoms with Gasteiger partial charge in [-0.05, 0) is 60.2 Å². The highest BCUT2D eigenvalue weighted by Gasteiger charge is 2.57. The van der Waals surface area contributed by atoms with Crippen LogP contribution in [0.1, 0.15) is 35.2 Å². The van der Waals surface area contributed by atoms with Crippen LogP contribution in [0.4, 0.5) is 5.00 Å². The Labute approximate surface area is 153 Å². The lowest BCUT2D eigenvalue weighted by Gasteiger charge is -2.29. The summed E-state index contributed by atoms with van der Waals surface area (Å²) in [6.45, 7) is 2.58. The Bertz CT molecular complexity index is 781. The zero-order valence-corrected chi connectivity index (χ0v) is 15.3. The minimum atomic E-state index is -0.434. The van der Waals surface area contributed by atoms with Crippen molar-refractivity contribution >= 4 is 33.6 Å². The van der Waals surface area contributed by atoms with E-state index in [2.05, 4.69) is 10.7 Å². The Morgan fingerprint density at radius 1 is 1.40 bits per heavy atom. The normalized spacial score (nSPS) is 21.2. The molecule has 0 radical (unpaired) electrons. The van der Waals surface area contributed by atoms with Crippen molar-refractivity contribution in [3.05, 3.63) is 49.5 Å². The number of amides is 1. The van der Waals surface area contributed by atoms with Crippen LogP contribution in [0, 0.1) is 15.5 Å². The molecule has 4 rings (SSSR count). The van der Waals surface area contributed by atoms with E-state index in [1.165, 1.54) is 6.07 Å². The van der Waals surface area contributed by atoms with Crippen LogP contribution in [-0.4, -0.2) is 34.9 Å². The number of nitrogens with one attached hydrogen (secondary N) is 1. The first-order valence-corrected chi connectivity index (χ1v) is 10.2. The fourth-order valence-corrected chi connectivity index (χ4v) is 5.19. The van der Waals surface area contributed by atoms with Gasteiger partial charge >= 0.3 is 5.00 Å². The van der Waals surface area contributed by atoms with E-state index in [0.717, 1.165) is 49.3 Å². The van der Waals surface area contributed by atoms with Crippen LogP contribution in [0.15, 0.2) is 28.3 Å². The van der Waals surface area contributed by atoms with Crippen molar-refractivity contribution in [2.75, 3.05) is 13.1 Å². The summed E-state index contributed by atoms with van der Waals surface area (Å²) in [4.78, 5) is 25.6. The lowest BCUT2D eigenvalue weighted by atomic mass is 9.93. The molecule has 0 bridgehead atoms. The van der Waals surface area contributed by atoms with E-state index in [9.17, 15) is 14.9 Å². The zero-order valence-electron chi connectivity index (χ0n) is 13.6. The molecule has 1 aliphatic heterocycles. The maximum Gasteiger partial charge on any atom is 0.324 e. The number of carbonyl (C=O) groups is 1. The van der Waals surface area contributed by atoms with E-state index >= 15 is 0 Å². The quantitative estimate of drug-likeness (QED) is 0.639. The van der Waals surface area contributed by atoms with Gasteiger partial charge in [-0.1, -0.05) is 11.3 Å². The summed E-state index contributed by atoms with van der Waals surface area (Å²) in [5.41, 5.74) is 1.79. The molecule has 2 aromatic rings. The van der Waals surface area contributed by atoms with Crippen molar-refractivity contribution in [2.45, 2.75) is 31.8 Å². The molecule has 8 heteroatoms. The predicted octanol–water partition coefficient (Wildman–Crippen LogP) is 3.50. The highest BCUT2D eigenvalue weighted by Crippen LogP contribution is 2.56. The van der Waals surface area contributed by atoms with E-state index in [-0.39, 0.29) is 22.4 Å². The molecule has 2 aliphatic rings. The summed E-state index contributed by atoms with van der Waals surface area (Å²) in [6.07, 6.45) is 3.22. The Morgan fingerprint density at radius 2 is 2.20 bits per heavy atom. The van der Waals surface area contributed by atoms with Gasteiger partial charge in [-0.3, -0.25) is 14.9 Å². The summed E-state index contributed by atoms with van der Waals surface area (Å²) in [6, 6.07) is 3.69. The first-order chi connectivity index (χ1) is 12.1. The molecule has 132 valence electrons. The van der Waals surface area contributed by atoms with Gasteiger partial charge in [0.25, 0.3) is 5.91 Å². The van der Waals surface area contributed by atoms with Crippen LogP contribution in [0.25, 0.3) is 0 Å². The minimum Gasteiger partial charge on any atom is -0.331 e. The Balaban J connectivity index is 1.58. The predicted molar refractivity (Wildman–Crippen MR) is 98.1 cm³/mol. The molecule has 1 amide bonds. The average Bonchev–Trinajstić information content (AvgIpc) is 3.06. The highest BCUT2D eigenvalue weighted by atomic mass is 32.1. The van der Waals surface area contributed by atoms with Gasteiger partial charge < -0.3 is 10.2 Å². The summed E-state index contributed by atoms with van der Waals surface area (Å²) in [7, 11) is 0. The third-order valence-electron chi connectivity index (χ3n) is 5.33. The van der Waals surface area contributed by atoms with Crippen molar-refractivity contribution in [1.82, 2.24) is 10.2 Å². The molecule has 1 atom stereocenters. The number of piperidine rings is 1. The number of carbonyl (C=O) groups excluding carboxylic acids is 1. The third-order valence-corrected chi connectivity index (χ3v) is 6.94. The van der Waals surface area contributed by atoms with E-state index in [4.69, 9.17) is 0 Å². The van der Waals surface area contributed by atoms with Gasteiger partial charge in [0, 0.05) is 24.0 Å². The van der Waals surface area contributed by atoms with Crippen LogP contribution in [0.2, 0.25) is 0 Å². The molecule has 1 aliphatic carbocycles. The second kappa shape index (κ2) is 6.51. The average molecular weight is 377 g/mol. The fraction of sp³-hybridized carbons (Fsp3) is 0.471. The number of rotatable bonds is 5. The first-order valence-electron chi connectivity index (χ1n) is 8.35. The molecule has 1 saturated heterocycles. The highest BCUT2D eigenvalue weighted by molar-refractivity contribution is 7.13. The smallest absolute Gasteiger partial charge is 0.324 e. The SMILES string of the molecule is O=C(c1csc([N+](=O)[O-])c1)N(Cc1ccsc1)C1CC12CCNCC2. The summed E-state index contributed by atoms with van der Waals surface area (Å²) >= 11 is 2.64. The van der Waals surface area contributed by atoms with Crippen molar-refractivity contribution in [3.8, 4) is 0 Å². The number of nitro groups is 1. The molecule has 1 saturated carbocycles. The maximum atomic E-state index is 13.1. The van der Waals surface area contributed by atoms with Gasteiger partial charge in [0.2, 0.25) is 0 Å². The molecular weight excluding hydrogens is 358 g/mol. The Hall–Kier alpha value is -1.77. The fourth-order valence-electron chi connectivity index (χ4n) is 3.83.